The van der Waals surface area contributed by atoms with E-state index in [-0.39, 0.29) is 39.6 Å². The summed E-state index contributed by atoms with van der Waals surface area (Å²) in [6.07, 6.45) is 0.716. The summed E-state index contributed by atoms with van der Waals surface area (Å²) in [6.45, 7) is 7.84. The topological polar surface area (TPSA) is 163 Å². The molecule has 0 fully saturated rings. The number of thiazole rings is 1. The molecular formula is C33H37ClN2O8S2. The molecule has 0 aliphatic rings. The Morgan fingerprint density at radius 3 is 2.37 bits per heavy atom. The highest BCUT2D eigenvalue weighted by Gasteiger charge is 2.19. The maximum Gasteiger partial charge on any atom is 0.341 e. The second-order valence-corrected chi connectivity index (χ2v) is 15.0. The van der Waals surface area contributed by atoms with Gasteiger partial charge in [-0.05, 0) is 79.4 Å². The van der Waals surface area contributed by atoms with E-state index in [1.165, 1.54) is 35.6 Å². The number of amides is 1. The highest BCUT2D eigenvalue weighted by Crippen LogP contribution is 2.29. The Kier molecular flexibility index (Phi) is 12.3. The zero-order valence-electron chi connectivity index (χ0n) is 25.9. The van der Waals surface area contributed by atoms with Crippen molar-refractivity contribution in [2.45, 2.75) is 57.5 Å². The minimum absolute atomic E-state index is 0. The molecule has 0 aliphatic carbocycles. The fourth-order valence-corrected chi connectivity index (χ4v) is 6.64. The summed E-state index contributed by atoms with van der Waals surface area (Å²) in [5, 5.41) is 15.2. The molecule has 10 nitrogen and oxygen atoms in total. The van der Waals surface area contributed by atoms with Crippen LogP contribution >= 0.6 is 22.9 Å². The van der Waals surface area contributed by atoms with E-state index in [9.17, 15) is 18.0 Å². The first-order chi connectivity index (χ1) is 21.2. The average Bonchev–Trinajstić information content (AvgIpc) is 3.46. The average molecular weight is 689 g/mol. The van der Waals surface area contributed by atoms with Gasteiger partial charge < -0.3 is 25.4 Å². The van der Waals surface area contributed by atoms with Crippen molar-refractivity contribution >= 4 is 50.3 Å². The number of carbonyl (C=O) groups excluding carboxylic acids is 1. The van der Waals surface area contributed by atoms with E-state index in [0.29, 0.717) is 29.2 Å². The predicted molar refractivity (Wildman–Crippen MR) is 179 cm³/mol. The lowest BCUT2D eigenvalue weighted by atomic mass is 9.93. The van der Waals surface area contributed by atoms with Gasteiger partial charge in [0.1, 0.15) is 23.1 Å². The molecule has 1 amide bonds. The first kappa shape index (κ1) is 36.5. The highest BCUT2D eigenvalue weighted by molar-refractivity contribution is 7.91. The lowest BCUT2D eigenvalue weighted by Crippen LogP contribution is -2.15. The van der Waals surface area contributed by atoms with Crippen LogP contribution in [0.5, 0.6) is 11.5 Å². The second-order valence-electron chi connectivity index (χ2n) is 11.5. The fraction of sp³-hybridized carbons (Fsp3) is 0.303. The van der Waals surface area contributed by atoms with E-state index in [0.717, 1.165) is 21.8 Å². The number of halogens is 1. The van der Waals surface area contributed by atoms with Crippen molar-refractivity contribution in [2.24, 2.45) is 0 Å². The summed E-state index contributed by atoms with van der Waals surface area (Å²) >= 11 is 7.40. The van der Waals surface area contributed by atoms with E-state index < -0.39 is 28.3 Å². The van der Waals surface area contributed by atoms with Crippen LogP contribution in [0.3, 0.4) is 0 Å². The summed E-state index contributed by atoms with van der Waals surface area (Å²) in [5.41, 5.74) is 3.10. The van der Waals surface area contributed by atoms with Gasteiger partial charge in [0.2, 0.25) is 0 Å². The summed E-state index contributed by atoms with van der Waals surface area (Å²) in [5.74, 6) is -0.998. The van der Waals surface area contributed by atoms with Gasteiger partial charge >= 0.3 is 5.97 Å². The molecule has 0 saturated carbocycles. The minimum Gasteiger partial charge on any atom is -0.486 e. The van der Waals surface area contributed by atoms with Gasteiger partial charge in [0, 0.05) is 21.4 Å². The highest BCUT2D eigenvalue weighted by atomic mass is 35.5. The molecule has 0 atom stereocenters. The number of sulfone groups is 1. The molecule has 246 valence electrons. The van der Waals surface area contributed by atoms with Crippen molar-refractivity contribution in [1.29, 1.82) is 0 Å². The molecule has 0 spiro atoms. The Labute approximate surface area is 277 Å². The van der Waals surface area contributed by atoms with Gasteiger partial charge in [0.15, 0.2) is 16.4 Å². The molecule has 0 bridgehead atoms. The molecule has 1 heterocycles. The van der Waals surface area contributed by atoms with E-state index in [4.69, 9.17) is 26.2 Å². The van der Waals surface area contributed by atoms with E-state index in [2.05, 4.69) is 31.1 Å². The van der Waals surface area contributed by atoms with Crippen molar-refractivity contribution < 1.29 is 38.1 Å². The molecule has 0 unspecified atom stereocenters. The smallest absolute Gasteiger partial charge is 0.341 e. The third kappa shape index (κ3) is 10.0. The first-order valence-electron chi connectivity index (χ1n) is 14.2. The van der Waals surface area contributed by atoms with Gasteiger partial charge in [0.25, 0.3) is 5.91 Å². The SMILES string of the molecule is Cc1ccc(C(=O)Nc2cc(CCCS(=O)(=O)c3ccc(Cl)cc3)ccc2OCC(=O)O)cc1OCc1nc(C(C)(C)C)cs1.O. The number of anilines is 1. The Morgan fingerprint density at radius 1 is 1.00 bits per heavy atom. The van der Waals surface area contributed by atoms with Gasteiger partial charge in [-0.1, -0.05) is 44.5 Å². The third-order valence-electron chi connectivity index (χ3n) is 6.82. The van der Waals surface area contributed by atoms with Crippen LogP contribution in [-0.4, -0.2) is 48.2 Å². The number of nitrogens with zero attached hydrogens (tertiary/aromatic N) is 1. The van der Waals surface area contributed by atoms with E-state index in [1.807, 2.05) is 12.3 Å². The van der Waals surface area contributed by atoms with Crippen molar-refractivity contribution in [3.05, 3.63) is 98.5 Å². The zero-order chi connectivity index (χ0) is 32.8. The lowest BCUT2D eigenvalue weighted by molar-refractivity contribution is -0.139. The number of benzene rings is 3. The predicted octanol–water partition coefficient (Wildman–Crippen LogP) is 6.28. The summed E-state index contributed by atoms with van der Waals surface area (Å²) in [4.78, 5) is 29.4. The molecule has 1 aromatic heterocycles. The normalized spacial score (nSPS) is 11.4. The molecule has 0 saturated heterocycles. The van der Waals surface area contributed by atoms with Crippen LogP contribution in [0.4, 0.5) is 5.69 Å². The number of aryl methyl sites for hydroxylation is 2. The number of carbonyl (C=O) groups is 2. The number of aliphatic carboxylic acids is 1. The maximum absolute atomic E-state index is 13.4. The molecule has 4 rings (SSSR count). The van der Waals surface area contributed by atoms with Crippen LogP contribution in [0, 0.1) is 6.92 Å². The fourth-order valence-electron chi connectivity index (χ4n) is 4.27. The van der Waals surface area contributed by atoms with Crippen molar-refractivity contribution in [2.75, 3.05) is 17.7 Å². The maximum atomic E-state index is 13.4. The summed E-state index contributed by atoms with van der Waals surface area (Å²) < 4.78 is 36.9. The Bertz CT molecular complexity index is 1780. The van der Waals surface area contributed by atoms with Crippen LogP contribution in [0.2, 0.25) is 5.02 Å². The molecule has 4 aromatic rings. The van der Waals surface area contributed by atoms with Gasteiger partial charge in [-0.25, -0.2) is 18.2 Å². The number of rotatable bonds is 13. The van der Waals surface area contributed by atoms with Crippen LogP contribution in [0.15, 0.2) is 70.9 Å². The Morgan fingerprint density at radius 2 is 1.72 bits per heavy atom. The number of carboxylic acid groups (broad SMARTS) is 1. The molecule has 4 N–H and O–H groups in total. The standard InChI is InChI=1S/C33H35ClN2O7S2.H2O/c1-21-7-9-23(17-28(21)42-18-30-36-29(20-44-30)33(2,3)4)32(39)35-26-16-22(8-14-27(26)43-19-31(37)38)6-5-15-45(40,41)25-12-10-24(34)11-13-25;/h7-14,16-17,20H,5-6,15,18-19H2,1-4H3,(H,35,39)(H,37,38);1H2. The van der Waals surface area contributed by atoms with E-state index >= 15 is 0 Å². The number of ether oxygens (including phenoxy) is 2. The van der Waals surface area contributed by atoms with Crippen LogP contribution < -0.4 is 14.8 Å². The summed E-state index contributed by atoms with van der Waals surface area (Å²) in [6, 6.07) is 16.0. The number of hydrogen-bond donors (Lipinski definition) is 2. The molecule has 0 aliphatic heterocycles. The monoisotopic (exact) mass is 688 g/mol. The first-order valence-corrected chi connectivity index (χ1v) is 17.1. The van der Waals surface area contributed by atoms with Gasteiger partial charge in [-0.2, -0.15) is 0 Å². The quantitative estimate of drug-likeness (QED) is 0.166. The number of hydrogen-bond acceptors (Lipinski definition) is 8. The molecule has 46 heavy (non-hydrogen) atoms. The van der Waals surface area contributed by atoms with Crippen molar-refractivity contribution in [3.8, 4) is 11.5 Å². The molecule has 3 aromatic carbocycles. The number of nitrogens with one attached hydrogen (secondary N) is 1. The molecular weight excluding hydrogens is 652 g/mol. The lowest BCUT2D eigenvalue weighted by Gasteiger charge is -2.15. The third-order valence-corrected chi connectivity index (χ3v) is 9.71. The number of carboxylic acids is 1. The molecule has 13 heteroatoms. The number of aromatic nitrogens is 1. The Hall–Kier alpha value is -3.97. The largest absolute Gasteiger partial charge is 0.486 e. The minimum atomic E-state index is -3.51. The van der Waals surface area contributed by atoms with Gasteiger partial charge in [-0.15, -0.1) is 11.3 Å². The second kappa shape index (κ2) is 15.5. The Balaban J connectivity index is 0.00000576. The zero-order valence-corrected chi connectivity index (χ0v) is 28.3. The van der Waals surface area contributed by atoms with Gasteiger partial charge in [0.05, 0.1) is 22.0 Å². The van der Waals surface area contributed by atoms with Crippen molar-refractivity contribution in [3.63, 3.8) is 0 Å². The summed E-state index contributed by atoms with van der Waals surface area (Å²) in [7, 11) is -3.51. The van der Waals surface area contributed by atoms with Gasteiger partial charge in [-0.3, -0.25) is 4.79 Å². The molecule has 0 radical (unpaired) electrons. The van der Waals surface area contributed by atoms with Crippen LogP contribution in [0.1, 0.15) is 59.4 Å². The van der Waals surface area contributed by atoms with Crippen LogP contribution in [0.25, 0.3) is 0 Å². The van der Waals surface area contributed by atoms with Crippen LogP contribution in [-0.2, 0) is 33.1 Å². The van der Waals surface area contributed by atoms with E-state index in [1.54, 1.807) is 36.4 Å². The van der Waals surface area contributed by atoms with Crippen molar-refractivity contribution in [1.82, 2.24) is 4.98 Å².